The van der Waals surface area contributed by atoms with Crippen molar-refractivity contribution in [2.75, 3.05) is 68.0 Å². The monoisotopic (exact) mass is 288 g/mol. The molecule has 0 aliphatic heterocycles. The fourth-order valence-electron chi connectivity index (χ4n) is 1.99. The molecule has 0 bridgehead atoms. The summed E-state index contributed by atoms with van der Waals surface area (Å²) in [5.74, 6) is 0.00696. The van der Waals surface area contributed by atoms with E-state index < -0.39 is 6.10 Å². The minimum atomic E-state index is -0.520. The van der Waals surface area contributed by atoms with Crippen molar-refractivity contribution in [2.24, 2.45) is 5.73 Å². The number of hydrogen-bond donors (Lipinski definition) is 1. The topological polar surface area (TPSA) is 62.0 Å². The van der Waals surface area contributed by atoms with Gasteiger partial charge in [-0.15, -0.1) is 0 Å². The van der Waals surface area contributed by atoms with Crippen LogP contribution in [0, 0.1) is 0 Å². The normalized spacial score (nSPS) is 13.0. The summed E-state index contributed by atoms with van der Waals surface area (Å²) in [6.45, 7) is 3.68. The first-order valence-corrected chi connectivity index (χ1v) is 7.23. The van der Waals surface area contributed by atoms with Crippen molar-refractivity contribution >= 4 is 5.91 Å². The first kappa shape index (κ1) is 19.3. The average molecular weight is 288 g/mol. The van der Waals surface area contributed by atoms with Gasteiger partial charge in [-0.1, -0.05) is 0 Å². The molecular weight excluding hydrogens is 256 g/mol. The van der Waals surface area contributed by atoms with Crippen LogP contribution in [0.15, 0.2) is 0 Å². The molecule has 1 atom stereocenters. The second kappa shape index (κ2) is 11.0. The van der Waals surface area contributed by atoms with Crippen LogP contribution in [0.25, 0.3) is 0 Å². The molecule has 20 heavy (non-hydrogen) atoms. The molecule has 0 rings (SSSR count). The molecule has 0 aromatic carbocycles. The number of ether oxygens (including phenoxy) is 1. The second-order valence-electron chi connectivity index (χ2n) is 5.60. The van der Waals surface area contributed by atoms with Gasteiger partial charge in [0.2, 0.25) is 0 Å². The first-order chi connectivity index (χ1) is 9.42. The quantitative estimate of drug-likeness (QED) is 0.565. The van der Waals surface area contributed by atoms with Gasteiger partial charge in [-0.05, 0) is 54.1 Å². The maximum atomic E-state index is 12.4. The van der Waals surface area contributed by atoms with E-state index in [1.807, 2.05) is 33.1 Å². The van der Waals surface area contributed by atoms with Gasteiger partial charge in [-0.2, -0.15) is 0 Å². The molecule has 0 fully saturated rings. The van der Waals surface area contributed by atoms with Crippen molar-refractivity contribution < 1.29 is 9.53 Å². The molecule has 120 valence electrons. The summed E-state index contributed by atoms with van der Waals surface area (Å²) in [7, 11) is 9.69. The van der Waals surface area contributed by atoms with E-state index in [-0.39, 0.29) is 12.5 Å². The van der Waals surface area contributed by atoms with Crippen LogP contribution >= 0.6 is 0 Å². The van der Waals surface area contributed by atoms with Crippen LogP contribution in [0.3, 0.4) is 0 Å². The Bertz CT molecular complexity index is 242. The molecule has 6 nitrogen and oxygen atoms in total. The maximum Gasteiger partial charge on any atom is 0.253 e. The summed E-state index contributed by atoms with van der Waals surface area (Å²) < 4.78 is 5.16. The average Bonchev–Trinajstić information content (AvgIpc) is 2.37. The number of nitrogens with zero attached hydrogens (tertiary/aromatic N) is 3. The standard InChI is InChI=1S/C14H32N4O2/c1-16(2)8-6-10-18(11-7-9-17(3)4)14(19)13(12-15)20-5/h13H,6-12,15H2,1-5H3. The van der Waals surface area contributed by atoms with Crippen molar-refractivity contribution in [3.05, 3.63) is 0 Å². The zero-order valence-corrected chi connectivity index (χ0v) is 13.8. The summed E-state index contributed by atoms with van der Waals surface area (Å²) in [5.41, 5.74) is 5.59. The van der Waals surface area contributed by atoms with Gasteiger partial charge >= 0.3 is 0 Å². The smallest absolute Gasteiger partial charge is 0.253 e. The van der Waals surface area contributed by atoms with Crippen molar-refractivity contribution in [1.29, 1.82) is 0 Å². The minimum Gasteiger partial charge on any atom is -0.370 e. The molecule has 0 aromatic heterocycles. The summed E-state index contributed by atoms with van der Waals surface area (Å²) >= 11 is 0. The van der Waals surface area contributed by atoms with Crippen molar-refractivity contribution in [3.63, 3.8) is 0 Å². The van der Waals surface area contributed by atoms with E-state index in [9.17, 15) is 4.79 Å². The zero-order chi connectivity index (χ0) is 15.5. The number of carbonyl (C=O) groups excluding carboxylic acids is 1. The van der Waals surface area contributed by atoms with Gasteiger partial charge in [-0.3, -0.25) is 4.79 Å². The fourth-order valence-corrected chi connectivity index (χ4v) is 1.99. The lowest BCUT2D eigenvalue weighted by atomic mass is 10.2. The maximum absolute atomic E-state index is 12.4. The second-order valence-corrected chi connectivity index (χ2v) is 5.60. The van der Waals surface area contributed by atoms with Gasteiger partial charge in [0.15, 0.2) is 0 Å². The fraction of sp³-hybridized carbons (Fsp3) is 0.929. The summed E-state index contributed by atoms with van der Waals surface area (Å²) in [6, 6.07) is 0. The highest BCUT2D eigenvalue weighted by Gasteiger charge is 2.22. The lowest BCUT2D eigenvalue weighted by Crippen LogP contribution is -2.45. The lowest BCUT2D eigenvalue weighted by molar-refractivity contribution is -0.141. The Morgan fingerprint density at radius 3 is 1.75 bits per heavy atom. The molecule has 0 aliphatic rings. The molecule has 1 unspecified atom stereocenters. The van der Waals surface area contributed by atoms with Gasteiger partial charge in [-0.25, -0.2) is 0 Å². The molecule has 0 radical (unpaired) electrons. The van der Waals surface area contributed by atoms with E-state index in [1.54, 1.807) is 0 Å². The number of amides is 1. The number of carbonyl (C=O) groups is 1. The predicted octanol–water partition coefficient (Wildman–Crippen LogP) is -0.308. The Morgan fingerprint density at radius 1 is 1.00 bits per heavy atom. The van der Waals surface area contributed by atoms with Crippen LogP contribution in [0.4, 0.5) is 0 Å². The molecule has 0 aromatic rings. The SMILES string of the molecule is COC(CN)C(=O)N(CCCN(C)C)CCCN(C)C. The van der Waals surface area contributed by atoms with Gasteiger partial charge in [0.05, 0.1) is 0 Å². The third-order valence-corrected chi connectivity index (χ3v) is 3.15. The number of hydrogen-bond acceptors (Lipinski definition) is 5. The van der Waals surface area contributed by atoms with Crippen molar-refractivity contribution in [2.45, 2.75) is 18.9 Å². The number of nitrogens with two attached hydrogens (primary N) is 1. The zero-order valence-electron chi connectivity index (χ0n) is 13.8. The molecule has 6 heteroatoms. The van der Waals surface area contributed by atoms with Gasteiger partial charge in [0.1, 0.15) is 6.10 Å². The van der Waals surface area contributed by atoms with Crippen LogP contribution in [0.2, 0.25) is 0 Å². The van der Waals surface area contributed by atoms with Crippen LogP contribution in [-0.2, 0) is 9.53 Å². The van der Waals surface area contributed by atoms with Crippen LogP contribution in [0.1, 0.15) is 12.8 Å². The minimum absolute atomic E-state index is 0.00696. The highest BCUT2D eigenvalue weighted by Crippen LogP contribution is 2.02. The van der Waals surface area contributed by atoms with Gasteiger partial charge in [0.25, 0.3) is 5.91 Å². The van der Waals surface area contributed by atoms with Crippen LogP contribution in [-0.4, -0.2) is 94.7 Å². The van der Waals surface area contributed by atoms with Gasteiger partial charge < -0.3 is 25.2 Å². The van der Waals surface area contributed by atoms with Gasteiger partial charge in [0, 0.05) is 26.7 Å². The number of rotatable bonds is 11. The third-order valence-electron chi connectivity index (χ3n) is 3.15. The molecule has 1 amide bonds. The highest BCUT2D eigenvalue weighted by atomic mass is 16.5. The Kier molecular flexibility index (Phi) is 10.6. The van der Waals surface area contributed by atoms with E-state index in [0.29, 0.717) is 0 Å². The Morgan fingerprint density at radius 2 is 1.45 bits per heavy atom. The molecule has 0 saturated heterocycles. The molecule has 2 N–H and O–H groups in total. The van der Waals surface area contributed by atoms with Crippen molar-refractivity contribution in [1.82, 2.24) is 14.7 Å². The molecule has 0 aliphatic carbocycles. The molecule has 0 spiro atoms. The van der Waals surface area contributed by atoms with E-state index in [4.69, 9.17) is 10.5 Å². The Labute approximate surface area is 123 Å². The van der Waals surface area contributed by atoms with E-state index in [2.05, 4.69) is 9.80 Å². The van der Waals surface area contributed by atoms with E-state index >= 15 is 0 Å². The third kappa shape index (κ3) is 8.47. The molecule has 0 saturated carbocycles. The highest BCUT2D eigenvalue weighted by molar-refractivity contribution is 5.81. The first-order valence-electron chi connectivity index (χ1n) is 7.23. The van der Waals surface area contributed by atoms with Crippen LogP contribution < -0.4 is 5.73 Å². The van der Waals surface area contributed by atoms with E-state index in [0.717, 1.165) is 39.0 Å². The lowest BCUT2D eigenvalue weighted by Gasteiger charge is -2.27. The summed E-state index contributed by atoms with van der Waals surface area (Å²) in [5, 5.41) is 0. The predicted molar refractivity (Wildman–Crippen MR) is 82.8 cm³/mol. The summed E-state index contributed by atoms with van der Waals surface area (Å²) in [4.78, 5) is 18.5. The molecule has 0 heterocycles. The summed E-state index contributed by atoms with van der Waals surface area (Å²) in [6.07, 6.45) is 1.40. The number of methoxy groups -OCH3 is 1. The Balaban J connectivity index is 4.39. The van der Waals surface area contributed by atoms with Crippen LogP contribution in [0.5, 0.6) is 0 Å². The van der Waals surface area contributed by atoms with E-state index in [1.165, 1.54) is 7.11 Å². The largest absolute Gasteiger partial charge is 0.370 e. The van der Waals surface area contributed by atoms with Crippen molar-refractivity contribution in [3.8, 4) is 0 Å². The Hall–Kier alpha value is -0.690. The molecular formula is C14H32N4O2.